The van der Waals surface area contributed by atoms with Crippen molar-refractivity contribution >= 4 is 45.4 Å². The first-order valence-electron chi connectivity index (χ1n) is 6.05. The molecule has 110 valence electrons. The lowest BCUT2D eigenvalue weighted by molar-refractivity contribution is 0.112. The van der Waals surface area contributed by atoms with Gasteiger partial charge in [0.25, 0.3) is 0 Å². The molecule has 0 unspecified atom stereocenters. The van der Waals surface area contributed by atoms with Crippen LogP contribution >= 0.6 is 39.1 Å². The molecule has 2 aromatic rings. The van der Waals surface area contributed by atoms with E-state index >= 15 is 0 Å². The largest absolute Gasteiger partial charge is 0.489 e. The first-order valence-corrected chi connectivity index (χ1v) is 7.60. The number of ether oxygens (including phenoxy) is 2. The van der Waals surface area contributed by atoms with Gasteiger partial charge >= 0.3 is 0 Å². The summed E-state index contributed by atoms with van der Waals surface area (Å²) in [7, 11) is 0. The van der Waals surface area contributed by atoms with E-state index in [4.69, 9.17) is 32.7 Å². The summed E-state index contributed by atoms with van der Waals surface area (Å²) in [4.78, 5) is 10.6. The van der Waals surface area contributed by atoms with Gasteiger partial charge in [-0.05, 0) is 46.3 Å². The highest BCUT2D eigenvalue weighted by Crippen LogP contribution is 2.28. The molecule has 0 aliphatic carbocycles. The first-order chi connectivity index (χ1) is 10.1. The van der Waals surface area contributed by atoms with Crippen LogP contribution in [-0.4, -0.2) is 19.5 Å². The maximum Gasteiger partial charge on any atom is 0.150 e. The van der Waals surface area contributed by atoms with Crippen LogP contribution in [-0.2, 0) is 0 Å². The van der Waals surface area contributed by atoms with Crippen molar-refractivity contribution in [3.05, 3.63) is 56.5 Å². The highest BCUT2D eigenvalue weighted by Gasteiger charge is 2.05. The topological polar surface area (TPSA) is 35.5 Å². The Morgan fingerprint density at radius 2 is 1.71 bits per heavy atom. The Balaban J connectivity index is 1.87. The van der Waals surface area contributed by atoms with Crippen LogP contribution in [0.5, 0.6) is 11.5 Å². The van der Waals surface area contributed by atoms with Gasteiger partial charge in [-0.15, -0.1) is 0 Å². The number of benzene rings is 2. The Kier molecular flexibility index (Phi) is 5.91. The fraction of sp³-hybridized carbons (Fsp3) is 0.133. The molecule has 0 aromatic heterocycles. The molecule has 0 radical (unpaired) electrons. The van der Waals surface area contributed by atoms with Crippen molar-refractivity contribution in [1.82, 2.24) is 0 Å². The average Bonchev–Trinajstić information content (AvgIpc) is 2.48. The monoisotopic (exact) mass is 388 g/mol. The van der Waals surface area contributed by atoms with E-state index in [1.165, 1.54) is 0 Å². The van der Waals surface area contributed by atoms with Crippen molar-refractivity contribution in [2.45, 2.75) is 0 Å². The van der Waals surface area contributed by atoms with Gasteiger partial charge in [0, 0.05) is 16.7 Å². The standard InChI is InChI=1S/C15H11BrCl2O3/c16-12-7-10(9-19)1-4-14(12)20-5-6-21-15-8-11(17)2-3-13(15)18/h1-4,7-9H,5-6H2. The van der Waals surface area contributed by atoms with Crippen LogP contribution in [0.25, 0.3) is 0 Å². The smallest absolute Gasteiger partial charge is 0.150 e. The summed E-state index contributed by atoms with van der Waals surface area (Å²) in [6.07, 6.45) is 0.777. The molecule has 2 rings (SSSR count). The molecule has 0 aliphatic rings. The molecule has 0 bridgehead atoms. The summed E-state index contributed by atoms with van der Waals surface area (Å²) in [5, 5.41) is 1.05. The predicted molar refractivity (Wildman–Crippen MR) is 87.0 cm³/mol. The van der Waals surface area contributed by atoms with Crippen LogP contribution in [0.3, 0.4) is 0 Å². The van der Waals surface area contributed by atoms with Gasteiger partial charge in [0.1, 0.15) is 31.0 Å². The molecule has 0 spiro atoms. The van der Waals surface area contributed by atoms with Gasteiger partial charge in [0.05, 0.1) is 9.50 Å². The second kappa shape index (κ2) is 7.69. The highest BCUT2D eigenvalue weighted by molar-refractivity contribution is 9.10. The molecule has 0 fully saturated rings. The van der Waals surface area contributed by atoms with E-state index in [1.807, 2.05) is 0 Å². The quantitative estimate of drug-likeness (QED) is 0.513. The predicted octanol–water partition coefficient (Wildman–Crippen LogP) is 5.03. The van der Waals surface area contributed by atoms with Gasteiger partial charge in [-0.2, -0.15) is 0 Å². The molecular formula is C15H11BrCl2O3. The first kappa shape index (κ1) is 16.1. The SMILES string of the molecule is O=Cc1ccc(OCCOc2cc(Cl)ccc2Cl)c(Br)c1. The summed E-state index contributed by atoms with van der Waals surface area (Å²) >= 11 is 15.2. The van der Waals surface area contributed by atoms with Crippen molar-refractivity contribution in [2.24, 2.45) is 0 Å². The minimum absolute atomic E-state index is 0.321. The fourth-order valence-electron chi connectivity index (χ4n) is 1.60. The van der Waals surface area contributed by atoms with Gasteiger partial charge in [-0.25, -0.2) is 0 Å². The minimum atomic E-state index is 0.321. The average molecular weight is 390 g/mol. The third kappa shape index (κ3) is 4.63. The molecule has 2 aromatic carbocycles. The molecule has 0 atom stereocenters. The third-order valence-electron chi connectivity index (χ3n) is 2.58. The molecule has 0 heterocycles. The van der Waals surface area contributed by atoms with Crippen molar-refractivity contribution < 1.29 is 14.3 Å². The molecule has 3 nitrogen and oxygen atoms in total. The molecule has 0 N–H and O–H groups in total. The zero-order valence-electron chi connectivity index (χ0n) is 10.8. The van der Waals surface area contributed by atoms with Gasteiger partial charge in [0.15, 0.2) is 0 Å². The summed E-state index contributed by atoms with van der Waals surface area (Å²) in [6, 6.07) is 10.1. The van der Waals surface area contributed by atoms with E-state index < -0.39 is 0 Å². The summed E-state index contributed by atoms with van der Waals surface area (Å²) in [5.41, 5.74) is 0.580. The van der Waals surface area contributed by atoms with E-state index in [0.717, 1.165) is 6.29 Å². The Bertz CT molecular complexity index is 647. The maximum absolute atomic E-state index is 10.6. The lowest BCUT2D eigenvalue weighted by atomic mass is 10.2. The van der Waals surface area contributed by atoms with Crippen molar-refractivity contribution in [2.75, 3.05) is 13.2 Å². The number of hydrogen-bond acceptors (Lipinski definition) is 3. The number of halogens is 3. The second-order valence-corrected chi connectivity index (χ2v) is 5.78. The van der Waals surface area contributed by atoms with E-state index in [9.17, 15) is 4.79 Å². The van der Waals surface area contributed by atoms with Crippen molar-refractivity contribution in [3.8, 4) is 11.5 Å². The maximum atomic E-state index is 10.6. The second-order valence-electron chi connectivity index (χ2n) is 4.08. The Morgan fingerprint density at radius 1 is 1.00 bits per heavy atom. The molecule has 21 heavy (non-hydrogen) atoms. The lowest BCUT2D eigenvalue weighted by Crippen LogP contribution is -2.09. The summed E-state index contributed by atoms with van der Waals surface area (Å²) in [5.74, 6) is 1.16. The normalized spacial score (nSPS) is 10.2. The molecule has 0 saturated heterocycles. The number of hydrogen-bond donors (Lipinski definition) is 0. The van der Waals surface area contributed by atoms with Crippen LogP contribution in [0.2, 0.25) is 10.0 Å². The van der Waals surface area contributed by atoms with Gasteiger partial charge in [0.2, 0.25) is 0 Å². The van der Waals surface area contributed by atoms with Gasteiger partial charge in [-0.1, -0.05) is 23.2 Å². The molecule has 0 aliphatic heterocycles. The molecule has 6 heteroatoms. The zero-order valence-corrected chi connectivity index (χ0v) is 13.9. The lowest BCUT2D eigenvalue weighted by Gasteiger charge is -2.11. The number of rotatable bonds is 6. The van der Waals surface area contributed by atoms with Gasteiger partial charge < -0.3 is 9.47 Å². The Labute approximate surface area is 140 Å². The molecule has 0 amide bonds. The Hall–Kier alpha value is -1.23. The summed E-state index contributed by atoms with van der Waals surface area (Å²) < 4.78 is 11.8. The molecular weight excluding hydrogens is 379 g/mol. The van der Waals surface area contributed by atoms with Crippen LogP contribution in [0.4, 0.5) is 0 Å². The van der Waals surface area contributed by atoms with E-state index in [-0.39, 0.29) is 0 Å². The van der Waals surface area contributed by atoms with E-state index in [0.29, 0.717) is 44.8 Å². The highest BCUT2D eigenvalue weighted by atomic mass is 79.9. The van der Waals surface area contributed by atoms with Crippen LogP contribution < -0.4 is 9.47 Å². The van der Waals surface area contributed by atoms with Crippen molar-refractivity contribution in [1.29, 1.82) is 0 Å². The van der Waals surface area contributed by atoms with E-state index in [1.54, 1.807) is 36.4 Å². The zero-order chi connectivity index (χ0) is 15.2. The minimum Gasteiger partial charge on any atom is -0.489 e. The van der Waals surface area contributed by atoms with E-state index in [2.05, 4.69) is 15.9 Å². The Morgan fingerprint density at radius 3 is 2.38 bits per heavy atom. The third-order valence-corrected chi connectivity index (χ3v) is 3.75. The van der Waals surface area contributed by atoms with Crippen LogP contribution in [0.1, 0.15) is 10.4 Å². The number of carbonyl (C=O) groups excluding carboxylic acids is 1. The van der Waals surface area contributed by atoms with Gasteiger partial charge in [-0.3, -0.25) is 4.79 Å². The number of aldehydes is 1. The van der Waals surface area contributed by atoms with Crippen LogP contribution in [0, 0.1) is 0 Å². The summed E-state index contributed by atoms with van der Waals surface area (Å²) in [6.45, 7) is 0.657. The van der Waals surface area contributed by atoms with Crippen molar-refractivity contribution in [3.63, 3.8) is 0 Å². The molecule has 0 saturated carbocycles. The fourth-order valence-corrected chi connectivity index (χ4v) is 2.44. The number of carbonyl (C=O) groups is 1. The van der Waals surface area contributed by atoms with Crippen LogP contribution in [0.15, 0.2) is 40.9 Å².